The van der Waals surface area contributed by atoms with E-state index in [0.717, 1.165) is 11.4 Å². The van der Waals surface area contributed by atoms with Gasteiger partial charge in [0.1, 0.15) is 5.82 Å². The van der Waals surface area contributed by atoms with Gasteiger partial charge in [-0.1, -0.05) is 12.1 Å². The maximum Gasteiger partial charge on any atom is 0.138 e. The van der Waals surface area contributed by atoms with Crippen LogP contribution in [0.2, 0.25) is 0 Å². The van der Waals surface area contributed by atoms with Gasteiger partial charge in [0.25, 0.3) is 0 Å². The molecule has 84 valence electrons. The molecule has 0 saturated heterocycles. The van der Waals surface area contributed by atoms with Gasteiger partial charge in [-0.3, -0.25) is 0 Å². The molecule has 1 heterocycles. The monoisotopic (exact) mass is 253 g/mol. The molecule has 0 atom stereocenters. The van der Waals surface area contributed by atoms with Gasteiger partial charge in [0.15, 0.2) is 0 Å². The third kappa shape index (κ3) is 2.57. The number of nitrogens with one attached hydrogen (secondary N) is 1. The summed E-state index contributed by atoms with van der Waals surface area (Å²) in [5, 5.41) is 5.05. The Morgan fingerprint density at radius 3 is 2.88 bits per heavy atom. The van der Waals surface area contributed by atoms with Gasteiger partial charge in [0.2, 0.25) is 0 Å². The number of hydrogen-bond donors (Lipinski definition) is 1. The Hall–Kier alpha value is -1.00. The maximum atomic E-state index is 13.6. The highest BCUT2D eigenvalue weighted by Crippen LogP contribution is 2.32. The SMILES string of the molecule is CNc1cccc(F)c1SCc1cccs1. The predicted molar refractivity (Wildman–Crippen MR) is 69.8 cm³/mol. The topological polar surface area (TPSA) is 12.0 Å². The quantitative estimate of drug-likeness (QED) is 0.819. The Balaban J connectivity index is 2.14. The van der Waals surface area contributed by atoms with Crippen molar-refractivity contribution in [3.63, 3.8) is 0 Å². The van der Waals surface area contributed by atoms with E-state index >= 15 is 0 Å². The van der Waals surface area contributed by atoms with Crippen LogP contribution < -0.4 is 5.32 Å². The summed E-state index contributed by atoms with van der Waals surface area (Å²) < 4.78 is 13.6. The molecule has 1 nitrogen and oxygen atoms in total. The van der Waals surface area contributed by atoms with Crippen molar-refractivity contribution in [3.05, 3.63) is 46.4 Å². The predicted octanol–water partition coefficient (Wildman–Crippen LogP) is 4.22. The van der Waals surface area contributed by atoms with Crippen LogP contribution in [-0.2, 0) is 5.75 Å². The van der Waals surface area contributed by atoms with Crippen molar-refractivity contribution in [2.24, 2.45) is 0 Å². The molecule has 0 bridgehead atoms. The van der Waals surface area contributed by atoms with Crippen molar-refractivity contribution in [2.75, 3.05) is 12.4 Å². The zero-order valence-corrected chi connectivity index (χ0v) is 10.5. The molecule has 0 radical (unpaired) electrons. The zero-order chi connectivity index (χ0) is 11.4. The molecule has 0 aliphatic rings. The van der Waals surface area contributed by atoms with Crippen molar-refractivity contribution in [3.8, 4) is 0 Å². The second-order valence-corrected chi connectivity index (χ2v) is 5.25. The number of halogens is 1. The summed E-state index contributed by atoms with van der Waals surface area (Å²) in [6, 6.07) is 9.19. The third-order valence-electron chi connectivity index (χ3n) is 2.18. The first-order chi connectivity index (χ1) is 7.81. The lowest BCUT2D eigenvalue weighted by Crippen LogP contribution is -1.93. The second-order valence-electron chi connectivity index (χ2n) is 3.23. The smallest absolute Gasteiger partial charge is 0.138 e. The fraction of sp³-hybridized carbons (Fsp3) is 0.167. The average molecular weight is 253 g/mol. The van der Waals surface area contributed by atoms with Gasteiger partial charge in [-0.15, -0.1) is 23.1 Å². The summed E-state index contributed by atoms with van der Waals surface area (Å²) in [5.41, 5.74) is 0.849. The minimum Gasteiger partial charge on any atom is -0.387 e. The van der Waals surface area contributed by atoms with Crippen molar-refractivity contribution < 1.29 is 4.39 Å². The molecule has 0 fully saturated rings. The van der Waals surface area contributed by atoms with Gasteiger partial charge in [-0.2, -0.15) is 0 Å². The molecule has 0 aliphatic heterocycles. The number of thiophene rings is 1. The Morgan fingerprint density at radius 2 is 2.19 bits per heavy atom. The van der Waals surface area contributed by atoms with Crippen LogP contribution in [0.5, 0.6) is 0 Å². The van der Waals surface area contributed by atoms with Crippen LogP contribution in [0.1, 0.15) is 4.88 Å². The normalized spacial score (nSPS) is 10.4. The minimum absolute atomic E-state index is 0.159. The van der Waals surface area contributed by atoms with Crippen LogP contribution >= 0.6 is 23.1 Å². The standard InChI is InChI=1S/C12H12FNS2/c1-14-11-6-2-5-10(13)12(11)16-8-9-4-3-7-15-9/h2-7,14H,8H2,1H3. The number of benzene rings is 1. The van der Waals surface area contributed by atoms with Crippen molar-refractivity contribution in [2.45, 2.75) is 10.6 Å². The van der Waals surface area contributed by atoms with E-state index in [1.54, 1.807) is 17.4 Å². The molecular formula is C12H12FNS2. The zero-order valence-electron chi connectivity index (χ0n) is 8.87. The number of rotatable bonds is 4. The molecule has 0 amide bonds. The largest absolute Gasteiger partial charge is 0.387 e. The van der Waals surface area contributed by atoms with Gasteiger partial charge >= 0.3 is 0 Å². The van der Waals surface area contributed by atoms with E-state index < -0.39 is 0 Å². The molecule has 0 unspecified atom stereocenters. The van der Waals surface area contributed by atoms with Crippen LogP contribution in [0.25, 0.3) is 0 Å². The van der Waals surface area contributed by atoms with Crippen LogP contribution in [0.4, 0.5) is 10.1 Å². The number of thioether (sulfide) groups is 1. The summed E-state index contributed by atoms with van der Waals surface area (Å²) in [6.45, 7) is 0. The Morgan fingerprint density at radius 1 is 1.31 bits per heavy atom. The van der Waals surface area contributed by atoms with E-state index in [2.05, 4.69) is 11.4 Å². The number of hydrogen-bond acceptors (Lipinski definition) is 3. The first kappa shape index (κ1) is 11.5. The molecule has 1 N–H and O–H groups in total. The number of anilines is 1. The highest BCUT2D eigenvalue weighted by Gasteiger charge is 2.08. The molecule has 2 aromatic rings. The van der Waals surface area contributed by atoms with Gasteiger partial charge in [-0.25, -0.2) is 4.39 Å². The Bertz CT molecular complexity index is 454. The molecule has 0 saturated carbocycles. The fourth-order valence-electron chi connectivity index (χ4n) is 1.39. The van der Waals surface area contributed by atoms with Crippen molar-refractivity contribution >= 4 is 28.8 Å². The van der Waals surface area contributed by atoms with Crippen LogP contribution in [0.3, 0.4) is 0 Å². The summed E-state index contributed by atoms with van der Waals surface area (Å²) in [5.74, 6) is 0.654. The molecule has 16 heavy (non-hydrogen) atoms. The van der Waals surface area contributed by atoms with E-state index in [4.69, 9.17) is 0 Å². The second kappa shape index (κ2) is 5.37. The van der Waals surface area contributed by atoms with E-state index in [9.17, 15) is 4.39 Å². The molecule has 2 rings (SSSR count). The third-order valence-corrected chi connectivity index (χ3v) is 4.39. The van der Waals surface area contributed by atoms with Crippen molar-refractivity contribution in [1.29, 1.82) is 0 Å². The highest BCUT2D eigenvalue weighted by atomic mass is 32.2. The van der Waals surface area contributed by atoms with Gasteiger partial charge in [0.05, 0.1) is 10.6 Å². The average Bonchev–Trinajstić information content (AvgIpc) is 2.80. The van der Waals surface area contributed by atoms with Gasteiger partial charge in [0, 0.05) is 17.7 Å². The molecule has 0 spiro atoms. The summed E-state index contributed by atoms with van der Waals surface area (Å²) in [7, 11) is 1.81. The summed E-state index contributed by atoms with van der Waals surface area (Å²) in [6.07, 6.45) is 0. The van der Waals surface area contributed by atoms with E-state index in [-0.39, 0.29) is 5.82 Å². The molecule has 4 heteroatoms. The minimum atomic E-state index is -0.159. The van der Waals surface area contributed by atoms with E-state index in [0.29, 0.717) is 4.90 Å². The summed E-state index contributed by atoms with van der Waals surface area (Å²) in [4.78, 5) is 1.95. The maximum absolute atomic E-state index is 13.6. The first-order valence-corrected chi connectivity index (χ1v) is 6.79. The Kier molecular flexibility index (Phi) is 3.85. The molecular weight excluding hydrogens is 241 g/mol. The molecule has 0 aliphatic carbocycles. The van der Waals surface area contributed by atoms with E-state index in [1.807, 2.05) is 24.6 Å². The van der Waals surface area contributed by atoms with Crippen LogP contribution in [0.15, 0.2) is 40.6 Å². The van der Waals surface area contributed by atoms with E-state index in [1.165, 1.54) is 22.7 Å². The van der Waals surface area contributed by atoms with Crippen LogP contribution in [-0.4, -0.2) is 7.05 Å². The van der Waals surface area contributed by atoms with Gasteiger partial charge < -0.3 is 5.32 Å². The lowest BCUT2D eigenvalue weighted by molar-refractivity contribution is 0.603. The molecule has 1 aromatic heterocycles. The fourth-order valence-corrected chi connectivity index (χ4v) is 3.24. The summed E-state index contributed by atoms with van der Waals surface area (Å²) >= 11 is 3.23. The van der Waals surface area contributed by atoms with Crippen LogP contribution in [0, 0.1) is 5.82 Å². The lowest BCUT2D eigenvalue weighted by Gasteiger charge is -2.08. The Labute approximate surface area is 103 Å². The highest BCUT2D eigenvalue weighted by molar-refractivity contribution is 7.98. The van der Waals surface area contributed by atoms with Gasteiger partial charge in [-0.05, 0) is 23.6 Å². The lowest BCUT2D eigenvalue weighted by atomic mass is 10.3. The molecule has 1 aromatic carbocycles. The first-order valence-electron chi connectivity index (χ1n) is 4.92. The van der Waals surface area contributed by atoms with Crippen molar-refractivity contribution in [1.82, 2.24) is 0 Å².